The molecule has 3 heterocycles. The van der Waals surface area contributed by atoms with Gasteiger partial charge in [-0.2, -0.15) is 0 Å². The Kier molecular flexibility index (Phi) is 10.1. The molecule has 0 spiro atoms. The van der Waals surface area contributed by atoms with Crippen LogP contribution in [0.15, 0.2) is 79.0 Å². The summed E-state index contributed by atoms with van der Waals surface area (Å²) in [6.45, 7) is 3.97. The number of anilines is 1. The summed E-state index contributed by atoms with van der Waals surface area (Å²) in [4.78, 5) is 49.6. The van der Waals surface area contributed by atoms with Gasteiger partial charge in [-0.25, -0.2) is 18.2 Å². The summed E-state index contributed by atoms with van der Waals surface area (Å²) in [5, 5.41) is 5.50. The molecule has 3 aromatic carbocycles. The van der Waals surface area contributed by atoms with Gasteiger partial charge >= 0.3 is 6.09 Å². The van der Waals surface area contributed by atoms with E-state index in [1.165, 1.54) is 7.11 Å². The van der Waals surface area contributed by atoms with Gasteiger partial charge in [-0.05, 0) is 66.8 Å². The van der Waals surface area contributed by atoms with Crippen LogP contribution in [0.1, 0.15) is 47.6 Å². The molecule has 13 heteroatoms. The number of aromatic amines is 1. The van der Waals surface area contributed by atoms with Gasteiger partial charge in [0.25, 0.3) is 5.91 Å². The molecule has 0 aliphatic carbocycles. The number of imidazole rings is 1. The van der Waals surface area contributed by atoms with Gasteiger partial charge in [0.05, 0.1) is 36.5 Å². The fourth-order valence-electron chi connectivity index (χ4n) is 6.26. The van der Waals surface area contributed by atoms with Crippen LogP contribution in [-0.4, -0.2) is 90.4 Å². The van der Waals surface area contributed by atoms with Crippen molar-refractivity contribution < 1.29 is 27.5 Å². The smallest absolute Gasteiger partial charge is 0.407 e. The zero-order valence-electron chi connectivity index (χ0n) is 27.5. The van der Waals surface area contributed by atoms with Crippen LogP contribution in [0, 0.1) is 0 Å². The van der Waals surface area contributed by atoms with Crippen LogP contribution in [0.4, 0.5) is 10.5 Å². The van der Waals surface area contributed by atoms with E-state index in [2.05, 4.69) is 36.3 Å². The third-order valence-corrected chi connectivity index (χ3v) is 10.7. The minimum absolute atomic E-state index is 0.186. The summed E-state index contributed by atoms with van der Waals surface area (Å²) in [6, 6.07) is 22.1. The first kappa shape index (κ1) is 33.9. The fourth-order valence-corrected chi connectivity index (χ4v) is 7.53. The quantitative estimate of drug-likeness (QED) is 0.231. The topological polar surface area (TPSA) is 154 Å². The lowest BCUT2D eigenvalue weighted by atomic mass is 10.0. The molecule has 6 rings (SSSR count). The van der Waals surface area contributed by atoms with Crippen molar-refractivity contribution in [1.82, 2.24) is 25.1 Å². The largest absolute Gasteiger partial charge is 0.453 e. The normalized spacial score (nSPS) is 18.1. The van der Waals surface area contributed by atoms with Gasteiger partial charge in [-0.1, -0.05) is 42.5 Å². The highest BCUT2D eigenvalue weighted by molar-refractivity contribution is 7.91. The van der Waals surface area contributed by atoms with E-state index in [4.69, 9.17) is 0 Å². The predicted molar refractivity (Wildman–Crippen MR) is 186 cm³/mol. The second-order valence-corrected chi connectivity index (χ2v) is 14.8. The highest BCUT2D eigenvalue weighted by Gasteiger charge is 2.34. The average molecular weight is 685 g/mol. The number of nitrogens with zero attached hydrogens (tertiary/aromatic N) is 3. The number of rotatable bonds is 9. The van der Waals surface area contributed by atoms with Crippen LogP contribution >= 0.6 is 0 Å². The molecular formula is C36H40N6O6S. The number of carbonyl (C=O) groups excluding carboxylic acids is 3. The van der Waals surface area contributed by atoms with Gasteiger partial charge < -0.3 is 25.3 Å². The number of hydrogen-bond donors (Lipinski definition) is 3. The van der Waals surface area contributed by atoms with Crippen LogP contribution in [0.5, 0.6) is 0 Å². The van der Waals surface area contributed by atoms with E-state index in [1.807, 2.05) is 54.6 Å². The predicted octanol–water partition coefficient (Wildman–Crippen LogP) is 4.63. The summed E-state index contributed by atoms with van der Waals surface area (Å²) in [5.74, 6) is 0.685. The Morgan fingerprint density at radius 1 is 0.959 bits per heavy atom. The van der Waals surface area contributed by atoms with Crippen LogP contribution in [0.3, 0.4) is 0 Å². The Labute approximate surface area is 285 Å². The second-order valence-electron chi connectivity index (χ2n) is 12.5. The number of H-pyrrole nitrogens is 1. The number of alkyl carbamates (subject to hydrolysis) is 1. The van der Waals surface area contributed by atoms with E-state index in [9.17, 15) is 22.8 Å². The molecule has 3 amide bonds. The van der Waals surface area contributed by atoms with Crippen molar-refractivity contribution in [3.05, 3.63) is 95.9 Å². The number of methoxy groups -OCH3 is 1. The first-order chi connectivity index (χ1) is 23.6. The molecule has 2 saturated heterocycles. The third-order valence-electron chi connectivity index (χ3n) is 9.05. The molecule has 12 nitrogen and oxygen atoms in total. The Bertz CT molecular complexity index is 1910. The number of ether oxygens (including phenoxy) is 1. The summed E-state index contributed by atoms with van der Waals surface area (Å²) >= 11 is 0. The van der Waals surface area contributed by atoms with Gasteiger partial charge in [0.15, 0.2) is 9.84 Å². The van der Waals surface area contributed by atoms with Crippen molar-refractivity contribution in [3.8, 4) is 22.4 Å². The zero-order chi connectivity index (χ0) is 34.5. The maximum Gasteiger partial charge on any atom is 0.407 e. The standard InChI is InChI=1S/C36H40N6O6S/c1-24(38-36(45)48-2)35(44)42-16-4-7-32(42)33-37-22-31(40-33)29-6-3-5-28(21-29)26-10-12-27(13-11-26)34(43)39-30-14-8-25(9-15-30)23-41-17-19-49(46,47)20-18-41/h3,5-6,8-15,21-22,24,32H,4,7,16-20,23H2,1-2H3,(H,37,40)(H,38,45)(H,39,43)/t24-,32+/m1/s1. The number of likely N-dealkylation sites (tertiary alicyclic amines) is 1. The lowest BCUT2D eigenvalue weighted by Crippen LogP contribution is -2.46. The summed E-state index contributed by atoms with van der Waals surface area (Å²) in [5.41, 5.74) is 5.96. The molecule has 2 aliphatic heterocycles. The number of nitrogens with one attached hydrogen (secondary N) is 3. The number of carbonyl (C=O) groups is 3. The molecule has 0 saturated carbocycles. The van der Waals surface area contributed by atoms with Crippen LogP contribution < -0.4 is 10.6 Å². The minimum Gasteiger partial charge on any atom is -0.453 e. The molecule has 2 atom stereocenters. The van der Waals surface area contributed by atoms with Crippen LogP contribution in [0.2, 0.25) is 0 Å². The van der Waals surface area contributed by atoms with Gasteiger partial charge in [-0.15, -0.1) is 0 Å². The van der Waals surface area contributed by atoms with Crippen LogP contribution in [0.25, 0.3) is 22.4 Å². The summed E-state index contributed by atoms with van der Waals surface area (Å²) in [7, 11) is -1.65. The number of amides is 3. The SMILES string of the molecule is COC(=O)N[C@H](C)C(=O)N1CCC[C@H]1c1ncc(-c2cccc(-c3ccc(C(=O)Nc4ccc(CN5CCS(=O)(=O)CC5)cc4)cc3)c2)[nH]1. The van der Waals surface area contributed by atoms with Crippen molar-refractivity contribution in [2.75, 3.05) is 43.6 Å². The van der Waals surface area contributed by atoms with E-state index in [1.54, 1.807) is 30.2 Å². The van der Waals surface area contributed by atoms with Crippen molar-refractivity contribution in [2.24, 2.45) is 0 Å². The second kappa shape index (κ2) is 14.6. The van der Waals surface area contributed by atoms with E-state index in [-0.39, 0.29) is 29.4 Å². The Morgan fingerprint density at radius 3 is 2.39 bits per heavy atom. The Balaban J connectivity index is 1.07. The monoisotopic (exact) mass is 684 g/mol. The van der Waals surface area contributed by atoms with Crippen molar-refractivity contribution in [3.63, 3.8) is 0 Å². The summed E-state index contributed by atoms with van der Waals surface area (Å²) in [6.07, 6.45) is 2.73. The lowest BCUT2D eigenvalue weighted by molar-refractivity contribution is -0.134. The van der Waals surface area contributed by atoms with E-state index in [0.717, 1.165) is 40.8 Å². The molecule has 49 heavy (non-hydrogen) atoms. The van der Waals surface area contributed by atoms with Gasteiger partial charge in [-0.3, -0.25) is 14.5 Å². The highest BCUT2D eigenvalue weighted by Crippen LogP contribution is 2.33. The maximum atomic E-state index is 13.1. The molecule has 1 aromatic heterocycles. The zero-order valence-corrected chi connectivity index (χ0v) is 28.3. The number of aromatic nitrogens is 2. The molecule has 4 aromatic rings. The van der Waals surface area contributed by atoms with Gasteiger partial charge in [0, 0.05) is 43.0 Å². The van der Waals surface area contributed by atoms with Crippen molar-refractivity contribution in [2.45, 2.75) is 38.4 Å². The van der Waals surface area contributed by atoms with E-state index in [0.29, 0.717) is 43.3 Å². The molecule has 0 bridgehead atoms. The van der Waals surface area contributed by atoms with Crippen molar-refractivity contribution >= 4 is 33.4 Å². The number of sulfone groups is 1. The first-order valence-electron chi connectivity index (χ1n) is 16.3. The third kappa shape index (κ3) is 8.18. The number of hydrogen-bond acceptors (Lipinski definition) is 8. The molecule has 0 radical (unpaired) electrons. The van der Waals surface area contributed by atoms with E-state index < -0.39 is 22.0 Å². The summed E-state index contributed by atoms with van der Waals surface area (Å²) < 4.78 is 28.0. The minimum atomic E-state index is -2.91. The fraction of sp³-hybridized carbons (Fsp3) is 0.333. The molecule has 2 aliphatic rings. The molecule has 0 unspecified atom stereocenters. The molecular weight excluding hydrogens is 644 g/mol. The molecule has 2 fully saturated rings. The molecule has 3 N–H and O–H groups in total. The Morgan fingerprint density at radius 2 is 1.67 bits per heavy atom. The maximum absolute atomic E-state index is 13.1. The Hall–Kier alpha value is -5.01. The first-order valence-corrected chi connectivity index (χ1v) is 18.1. The lowest BCUT2D eigenvalue weighted by Gasteiger charge is -2.26. The van der Waals surface area contributed by atoms with Crippen LogP contribution in [-0.2, 0) is 25.9 Å². The average Bonchev–Trinajstić information content (AvgIpc) is 3.80. The molecule has 256 valence electrons. The number of benzene rings is 3. The van der Waals surface area contributed by atoms with Crippen molar-refractivity contribution in [1.29, 1.82) is 0 Å². The van der Waals surface area contributed by atoms with E-state index >= 15 is 0 Å². The van der Waals surface area contributed by atoms with Gasteiger partial charge in [0.1, 0.15) is 11.9 Å². The highest BCUT2D eigenvalue weighted by atomic mass is 32.2. The van der Waals surface area contributed by atoms with Gasteiger partial charge in [0.2, 0.25) is 5.91 Å².